The summed E-state index contributed by atoms with van der Waals surface area (Å²) in [7, 11) is -3.21. The Bertz CT molecular complexity index is 552. The predicted molar refractivity (Wildman–Crippen MR) is 72.0 cm³/mol. The number of halogens is 1. The molecule has 0 aromatic heterocycles. The standard InChI is InChI=1S/C12H16ClNO3S/c1-12(7-17-8-12)6-14-11-5-9(18(2,15)16)3-4-10(11)13/h3-5,14H,6-8H2,1-2H3. The zero-order valence-electron chi connectivity index (χ0n) is 10.4. The van der Waals surface area contributed by atoms with Crippen LogP contribution in [-0.4, -0.2) is 34.4 Å². The maximum absolute atomic E-state index is 11.5. The Morgan fingerprint density at radius 1 is 1.44 bits per heavy atom. The van der Waals surface area contributed by atoms with Crippen molar-refractivity contribution in [1.29, 1.82) is 0 Å². The molecule has 1 fully saturated rings. The fourth-order valence-corrected chi connectivity index (χ4v) is 2.56. The van der Waals surface area contributed by atoms with Gasteiger partial charge in [-0.25, -0.2) is 8.42 Å². The molecule has 0 bridgehead atoms. The average Bonchev–Trinajstić information content (AvgIpc) is 2.24. The van der Waals surface area contributed by atoms with E-state index in [2.05, 4.69) is 12.2 Å². The zero-order chi connectivity index (χ0) is 13.4. The summed E-state index contributed by atoms with van der Waals surface area (Å²) in [6.45, 7) is 4.24. The van der Waals surface area contributed by atoms with E-state index in [1.165, 1.54) is 12.3 Å². The van der Waals surface area contributed by atoms with Crippen molar-refractivity contribution >= 4 is 27.1 Å². The van der Waals surface area contributed by atoms with Crippen LogP contribution in [0.2, 0.25) is 5.02 Å². The van der Waals surface area contributed by atoms with Crippen molar-refractivity contribution in [3.8, 4) is 0 Å². The number of rotatable bonds is 4. The van der Waals surface area contributed by atoms with Gasteiger partial charge >= 0.3 is 0 Å². The van der Waals surface area contributed by atoms with E-state index in [0.29, 0.717) is 30.5 Å². The fourth-order valence-electron chi connectivity index (χ4n) is 1.73. The van der Waals surface area contributed by atoms with Crippen LogP contribution >= 0.6 is 11.6 Å². The number of hydrogen-bond donors (Lipinski definition) is 1. The van der Waals surface area contributed by atoms with E-state index in [9.17, 15) is 8.42 Å². The van der Waals surface area contributed by atoms with Gasteiger partial charge in [-0.1, -0.05) is 18.5 Å². The van der Waals surface area contributed by atoms with Crippen molar-refractivity contribution in [3.63, 3.8) is 0 Å². The van der Waals surface area contributed by atoms with E-state index in [0.717, 1.165) is 0 Å². The van der Waals surface area contributed by atoms with Gasteiger partial charge in [-0.3, -0.25) is 0 Å². The van der Waals surface area contributed by atoms with E-state index < -0.39 is 9.84 Å². The van der Waals surface area contributed by atoms with Gasteiger partial charge in [0.1, 0.15) is 0 Å². The summed E-state index contributed by atoms with van der Waals surface area (Å²) in [4.78, 5) is 0.268. The highest BCUT2D eigenvalue weighted by molar-refractivity contribution is 7.90. The number of sulfone groups is 1. The molecule has 2 rings (SSSR count). The van der Waals surface area contributed by atoms with Crippen LogP contribution < -0.4 is 5.32 Å². The molecule has 1 aromatic rings. The van der Waals surface area contributed by atoms with Crippen molar-refractivity contribution in [2.75, 3.05) is 31.3 Å². The summed E-state index contributed by atoms with van der Waals surface area (Å²) >= 11 is 6.05. The molecule has 0 radical (unpaired) electrons. The monoisotopic (exact) mass is 289 g/mol. The molecule has 4 nitrogen and oxygen atoms in total. The lowest BCUT2D eigenvalue weighted by Gasteiger charge is -2.38. The van der Waals surface area contributed by atoms with Crippen LogP contribution in [0.15, 0.2) is 23.1 Å². The maximum atomic E-state index is 11.5. The van der Waals surface area contributed by atoms with Crippen molar-refractivity contribution in [1.82, 2.24) is 0 Å². The second kappa shape index (κ2) is 4.72. The van der Waals surface area contributed by atoms with Gasteiger partial charge in [0.2, 0.25) is 0 Å². The molecule has 0 amide bonds. The molecule has 1 aliphatic heterocycles. The molecule has 1 N–H and O–H groups in total. The Morgan fingerprint density at radius 3 is 2.61 bits per heavy atom. The van der Waals surface area contributed by atoms with E-state index >= 15 is 0 Å². The van der Waals surface area contributed by atoms with Crippen LogP contribution in [0.1, 0.15) is 6.92 Å². The highest BCUT2D eigenvalue weighted by Crippen LogP contribution is 2.30. The molecule has 18 heavy (non-hydrogen) atoms. The molecular formula is C12H16ClNO3S. The number of ether oxygens (including phenoxy) is 1. The van der Waals surface area contributed by atoms with Gasteiger partial charge in [-0.2, -0.15) is 0 Å². The molecule has 0 atom stereocenters. The smallest absolute Gasteiger partial charge is 0.175 e. The third-order valence-electron chi connectivity index (χ3n) is 2.97. The maximum Gasteiger partial charge on any atom is 0.175 e. The highest BCUT2D eigenvalue weighted by Gasteiger charge is 2.33. The van der Waals surface area contributed by atoms with Gasteiger partial charge in [0.25, 0.3) is 0 Å². The minimum Gasteiger partial charge on any atom is -0.383 e. The van der Waals surface area contributed by atoms with E-state index in [4.69, 9.17) is 16.3 Å². The largest absolute Gasteiger partial charge is 0.383 e. The molecule has 0 saturated carbocycles. The van der Waals surface area contributed by atoms with Gasteiger partial charge in [-0.05, 0) is 18.2 Å². The van der Waals surface area contributed by atoms with Gasteiger partial charge in [0.05, 0.1) is 28.8 Å². The number of benzene rings is 1. The summed E-state index contributed by atoms with van der Waals surface area (Å²) in [6, 6.07) is 4.68. The third kappa shape index (κ3) is 2.96. The Morgan fingerprint density at radius 2 is 2.11 bits per heavy atom. The zero-order valence-corrected chi connectivity index (χ0v) is 11.9. The lowest BCUT2D eigenvalue weighted by molar-refractivity contribution is -0.0924. The van der Waals surface area contributed by atoms with Gasteiger partial charge < -0.3 is 10.1 Å². The summed E-state index contributed by atoms with van der Waals surface area (Å²) in [6.07, 6.45) is 1.18. The number of hydrogen-bond acceptors (Lipinski definition) is 4. The number of anilines is 1. The summed E-state index contributed by atoms with van der Waals surface area (Å²) in [5.74, 6) is 0. The van der Waals surface area contributed by atoms with Crippen LogP contribution in [0.25, 0.3) is 0 Å². The first kappa shape index (κ1) is 13.6. The molecular weight excluding hydrogens is 274 g/mol. The van der Waals surface area contributed by atoms with Crippen molar-refractivity contribution in [2.24, 2.45) is 5.41 Å². The second-order valence-corrected chi connectivity index (χ2v) is 7.49. The highest BCUT2D eigenvalue weighted by atomic mass is 35.5. The van der Waals surface area contributed by atoms with Gasteiger partial charge in [-0.15, -0.1) is 0 Å². The molecule has 0 spiro atoms. The minimum atomic E-state index is -3.21. The van der Waals surface area contributed by atoms with Crippen LogP contribution in [0.5, 0.6) is 0 Å². The SMILES string of the molecule is CC1(CNc2cc(S(C)(=O)=O)ccc2Cl)COC1. The molecule has 1 saturated heterocycles. The first-order valence-corrected chi connectivity index (χ1v) is 7.88. The lowest BCUT2D eigenvalue weighted by Crippen LogP contribution is -2.45. The number of nitrogens with one attached hydrogen (secondary N) is 1. The molecule has 0 aliphatic carbocycles. The van der Waals surface area contributed by atoms with E-state index in [-0.39, 0.29) is 10.3 Å². The van der Waals surface area contributed by atoms with Crippen LogP contribution in [0, 0.1) is 5.41 Å². The molecule has 100 valence electrons. The topological polar surface area (TPSA) is 55.4 Å². The van der Waals surface area contributed by atoms with Crippen LogP contribution in [0.4, 0.5) is 5.69 Å². The summed E-state index contributed by atoms with van der Waals surface area (Å²) < 4.78 is 28.1. The predicted octanol–water partition coefficient (Wildman–Crippen LogP) is 2.19. The van der Waals surface area contributed by atoms with Crippen molar-refractivity contribution in [3.05, 3.63) is 23.2 Å². The first-order chi connectivity index (χ1) is 8.30. The van der Waals surface area contributed by atoms with Gasteiger partial charge in [0, 0.05) is 18.2 Å². The lowest BCUT2D eigenvalue weighted by atomic mass is 9.89. The Labute approximate surface area is 112 Å². The first-order valence-electron chi connectivity index (χ1n) is 5.61. The van der Waals surface area contributed by atoms with Crippen LogP contribution in [-0.2, 0) is 14.6 Å². The Balaban J connectivity index is 2.16. The van der Waals surface area contributed by atoms with Gasteiger partial charge in [0.15, 0.2) is 9.84 Å². The molecule has 6 heteroatoms. The second-order valence-electron chi connectivity index (χ2n) is 5.07. The van der Waals surface area contributed by atoms with Crippen molar-refractivity contribution < 1.29 is 13.2 Å². The fraction of sp³-hybridized carbons (Fsp3) is 0.500. The Hall–Kier alpha value is -0.780. The summed E-state index contributed by atoms with van der Waals surface area (Å²) in [5, 5.41) is 3.71. The van der Waals surface area contributed by atoms with Crippen molar-refractivity contribution in [2.45, 2.75) is 11.8 Å². The Kier molecular flexibility index (Phi) is 3.58. The third-order valence-corrected chi connectivity index (χ3v) is 4.41. The molecule has 1 aromatic carbocycles. The van der Waals surface area contributed by atoms with Crippen LogP contribution in [0.3, 0.4) is 0 Å². The quantitative estimate of drug-likeness (QED) is 0.923. The molecule has 0 unspecified atom stereocenters. The normalized spacial score (nSPS) is 18.2. The minimum absolute atomic E-state index is 0.102. The van der Waals surface area contributed by atoms with E-state index in [1.807, 2.05) is 0 Å². The molecule has 1 aliphatic rings. The average molecular weight is 290 g/mol. The van der Waals surface area contributed by atoms with E-state index in [1.54, 1.807) is 12.1 Å². The molecule has 1 heterocycles. The summed E-state index contributed by atoms with van der Waals surface area (Å²) in [5.41, 5.74) is 0.748.